The van der Waals surface area contributed by atoms with Crippen LogP contribution >= 0.6 is 23.2 Å². The smallest absolute Gasteiger partial charge is 0.432 e. The van der Waals surface area contributed by atoms with Crippen LogP contribution in [-0.4, -0.2) is 87.2 Å². The summed E-state index contributed by atoms with van der Waals surface area (Å²) in [5, 5.41) is -0.169. The van der Waals surface area contributed by atoms with E-state index in [4.69, 9.17) is 38.4 Å². The molecule has 0 spiro atoms. The van der Waals surface area contributed by atoms with Crippen LogP contribution in [0.1, 0.15) is 25.3 Å². The summed E-state index contributed by atoms with van der Waals surface area (Å²) in [5.41, 5.74) is 4.36. The van der Waals surface area contributed by atoms with Crippen LogP contribution in [-0.2, 0) is 14.9 Å². The van der Waals surface area contributed by atoms with Gasteiger partial charge >= 0.3 is 6.18 Å². The number of allylic oxidation sites excluding steroid dienone is 2. The quantitative estimate of drug-likeness (QED) is 0.519. The summed E-state index contributed by atoms with van der Waals surface area (Å²) in [4.78, 5) is 20.8. The maximum Gasteiger partial charge on any atom is 0.432 e. The average molecular weight is 551 g/mol. The molecule has 0 atom stereocenters. The van der Waals surface area contributed by atoms with Crippen molar-refractivity contribution < 1.29 is 27.4 Å². The van der Waals surface area contributed by atoms with Gasteiger partial charge in [0.25, 0.3) is 0 Å². The molecule has 200 valence electrons. The van der Waals surface area contributed by atoms with E-state index in [-0.39, 0.29) is 23.6 Å². The number of nitrogens with two attached hydrogens (primary N) is 1. The Balaban J connectivity index is 1.74. The van der Waals surface area contributed by atoms with E-state index in [1.54, 1.807) is 12.0 Å². The van der Waals surface area contributed by atoms with Gasteiger partial charge in [0.1, 0.15) is 18.0 Å². The summed E-state index contributed by atoms with van der Waals surface area (Å²) in [6.07, 6.45) is -3.37. The summed E-state index contributed by atoms with van der Waals surface area (Å²) >= 11 is 12.0. The van der Waals surface area contributed by atoms with E-state index in [0.29, 0.717) is 49.9 Å². The number of carbonyl (C=O) groups excluding carboxylic acids is 1. The van der Waals surface area contributed by atoms with E-state index in [1.165, 1.54) is 6.92 Å². The van der Waals surface area contributed by atoms with Crippen LogP contribution in [0.2, 0.25) is 5.02 Å². The van der Waals surface area contributed by atoms with Gasteiger partial charge < -0.3 is 20.1 Å². The first-order chi connectivity index (χ1) is 17.0. The number of piperidine rings is 1. The standard InChI is InChI=1S/C24H31Cl2F3N4O3/c1-16(21(26)22(30)24(27,28)29)31-14-20(34)33-7-5-23(6-8-33,15-32-9-11-36-12-10-32)17-3-4-18(25)19(13-17)35-2/h3-4,13H,5-12,14-15,30H2,1-2H3. The zero-order valence-electron chi connectivity index (χ0n) is 20.3. The fourth-order valence-corrected chi connectivity index (χ4v) is 4.94. The third-order valence-corrected chi connectivity index (χ3v) is 7.57. The number of halogens is 5. The van der Waals surface area contributed by atoms with Crippen molar-refractivity contribution in [1.29, 1.82) is 0 Å². The fraction of sp³-hybridized carbons (Fsp3) is 0.583. The second-order valence-corrected chi connectivity index (χ2v) is 9.81. The molecular formula is C24H31Cl2F3N4O3. The highest BCUT2D eigenvalue weighted by Gasteiger charge is 2.39. The Labute approximate surface area is 219 Å². The predicted octanol–water partition coefficient (Wildman–Crippen LogP) is 3.97. The fourth-order valence-electron chi connectivity index (χ4n) is 4.57. The SMILES string of the molecule is COc1cc(C2(CN3CCOCC3)CCN(C(=O)CN=C(C)C(Cl)=C(N)C(F)(F)F)CC2)ccc1Cl. The zero-order valence-corrected chi connectivity index (χ0v) is 21.8. The highest BCUT2D eigenvalue weighted by molar-refractivity contribution is 6.43. The molecule has 12 heteroatoms. The summed E-state index contributed by atoms with van der Waals surface area (Å²) in [6, 6.07) is 5.80. The number of hydrogen-bond acceptors (Lipinski definition) is 6. The molecule has 1 aromatic rings. The molecule has 1 aromatic carbocycles. The summed E-state index contributed by atoms with van der Waals surface area (Å²) in [6.45, 7) is 5.78. The number of methoxy groups -OCH3 is 1. The number of alkyl halides is 3. The van der Waals surface area contributed by atoms with Gasteiger partial charge in [0.2, 0.25) is 5.91 Å². The van der Waals surface area contributed by atoms with Gasteiger partial charge in [0, 0.05) is 38.1 Å². The van der Waals surface area contributed by atoms with Crippen molar-refractivity contribution in [2.24, 2.45) is 10.7 Å². The molecule has 0 bridgehead atoms. The summed E-state index contributed by atoms with van der Waals surface area (Å²) in [5.74, 6) is 0.319. The maximum atomic E-state index is 12.8. The van der Waals surface area contributed by atoms with Crippen LogP contribution < -0.4 is 10.5 Å². The minimum absolute atomic E-state index is 0.133. The Morgan fingerprint density at radius 2 is 1.86 bits per heavy atom. The molecule has 0 aliphatic carbocycles. The molecule has 2 N–H and O–H groups in total. The van der Waals surface area contributed by atoms with Crippen molar-refractivity contribution in [2.45, 2.75) is 31.4 Å². The van der Waals surface area contributed by atoms with Gasteiger partial charge in [-0.05, 0) is 37.5 Å². The molecule has 2 aliphatic rings. The minimum Gasteiger partial charge on any atom is -0.495 e. The molecule has 1 amide bonds. The second-order valence-electron chi connectivity index (χ2n) is 9.03. The Morgan fingerprint density at radius 3 is 2.44 bits per heavy atom. The lowest BCUT2D eigenvalue weighted by Crippen LogP contribution is -2.52. The van der Waals surface area contributed by atoms with Crippen LogP contribution in [0.4, 0.5) is 13.2 Å². The topological polar surface area (TPSA) is 80.4 Å². The number of rotatable bonds is 7. The number of amides is 1. The Bertz CT molecular complexity index is 1000. The van der Waals surface area contributed by atoms with Crippen molar-refractivity contribution in [3.8, 4) is 5.75 Å². The average Bonchev–Trinajstić information content (AvgIpc) is 2.86. The highest BCUT2D eigenvalue weighted by Crippen LogP contribution is 2.40. The first-order valence-electron chi connectivity index (χ1n) is 11.6. The molecule has 0 radical (unpaired) electrons. The highest BCUT2D eigenvalue weighted by atomic mass is 35.5. The van der Waals surface area contributed by atoms with Crippen LogP contribution in [0.3, 0.4) is 0 Å². The van der Waals surface area contributed by atoms with Crippen LogP contribution in [0.25, 0.3) is 0 Å². The number of morpholine rings is 1. The monoisotopic (exact) mass is 550 g/mol. The molecule has 0 aromatic heterocycles. The van der Waals surface area contributed by atoms with Crippen LogP contribution in [0.5, 0.6) is 5.75 Å². The zero-order chi connectivity index (χ0) is 26.5. The summed E-state index contributed by atoms with van der Waals surface area (Å²) < 4.78 is 49.3. The van der Waals surface area contributed by atoms with Crippen LogP contribution in [0, 0.1) is 0 Å². The van der Waals surface area contributed by atoms with E-state index in [0.717, 1.165) is 25.2 Å². The normalized spacial score (nSPS) is 20.2. The van der Waals surface area contributed by atoms with Gasteiger partial charge in [-0.15, -0.1) is 0 Å². The number of ether oxygens (including phenoxy) is 2. The molecule has 3 rings (SSSR count). The second kappa shape index (κ2) is 12.0. The molecule has 2 aliphatic heterocycles. The van der Waals surface area contributed by atoms with E-state index in [2.05, 4.69) is 9.89 Å². The lowest BCUT2D eigenvalue weighted by molar-refractivity contribution is -0.131. The van der Waals surface area contributed by atoms with Gasteiger partial charge in [-0.25, -0.2) is 0 Å². The van der Waals surface area contributed by atoms with Gasteiger partial charge in [-0.1, -0.05) is 29.3 Å². The first kappa shape index (κ1) is 28.6. The molecule has 7 nitrogen and oxygen atoms in total. The van der Waals surface area contributed by atoms with Crippen LogP contribution in [0.15, 0.2) is 33.9 Å². The number of benzene rings is 1. The lowest BCUT2D eigenvalue weighted by Gasteiger charge is -2.45. The van der Waals surface area contributed by atoms with Crippen molar-refractivity contribution in [2.75, 3.05) is 59.6 Å². The molecule has 0 saturated carbocycles. The lowest BCUT2D eigenvalue weighted by atomic mass is 9.72. The molecule has 36 heavy (non-hydrogen) atoms. The van der Waals surface area contributed by atoms with Crippen molar-refractivity contribution in [1.82, 2.24) is 9.80 Å². The molecule has 2 fully saturated rings. The third kappa shape index (κ3) is 6.85. The van der Waals surface area contributed by atoms with E-state index in [9.17, 15) is 18.0 Å². The van der Waals surface area contributed by atoms with E-state index in [1.807, 2.05) is 18.2 Å². The largest absolute Gasteiger partial charge is 0.495 e. The first-order valence-corrected chi connectivity index (χ1v) is 12.4. The Hall–Kier alpha value is -2.01. The molecule has 2 saturated heterocycles. The van der Waals surface area contributed by atoms with E-state index < -0.39 is 16.9 Å². The molecule has 2 heterocycles. The van der Waals surface area contributed by atoms with Gasteiger partial charge in [0.15, 0.2) is 0 Å². The van der Waals surface area contributed by atoms with Gasteiger partial charge in [-0.2, -0.15) is 13.2 Å². The van der Waals surface area contributed by atoms with Gasteiger partial charge in [0.05, 0.1) is 36.1 Å². The van der Waals surface area contributed by atoms with Crippen molar-refractivity contribution in [3.63, 3.8) is 0 Å². The number of aliphatic imine (C=N–C) groups is 1. The number of hydrogen-bond donors (Lipinski definition) is 1. The van der Waals surface area contributed by atoms with E-state index >= 15 is 0 Å². The predicted molar refractivity (Wildman–Crippen MR) is 134 cm³/mol. The summed E-state index contributed by atoms with van der Waals surface area (Å²) in [7, 11) is 1.58. The number of likely N-dealkylation sites (tertiary alicyclic amines) is 1. The Kier molecular flexibility index (Phi) is 9.54. The number of carbonyl (C=O) groups is 1. The van der Waals surface area contributed by atoms with Crippen molar-refractivity contribution in [3.05, 3.63) is 39.5 Å². The molecule has 0 unspecified atom stereocenters. The van der Waals surface area contributed by atoms with Gasteiger partial charge in [-0.3, -0.25) is 14.7 Å². The number of nitrogens with zero attached hydrogens (tertiary/aromatic N) is 3. The van der Waals surface area contributed by atoms with Crippen molar-refractivity contribution >= 4 is 34.8 Å². The minimum atomic E-state index is -4.76. The maximum absolute atomic E-state index is 12.8. The third-order valence-electron chi connectivity index (χ3n) is 6.78. The molecular weight excluding hydrogens is 520 g/mol. The Morgan fingerprint density at radius 1 is 1.22 bits per heavy atom.